The van der Waals surface area contributed by atoms with Crippen LogP contribution in [0, 0.1) is 0 Å². The first kappa shape index (κ1) is 24.3. The predicted molar refractivity (Wildman–Crippen MR) is 144 cm³/mol. The fourth-order valence-electron chi connectivity index (χ4n) is 4.12. The van der Waals surface area contributed by atoms with E-state index in [1.54, 1.807) is 36.4 Å². The molecule has 0 aliphatic carbocycles. The maximum Gasteiger partial charge on any atom is 0.335 e. The highest BCUT2D eigenvalue weighted by Crippen LogP contribution is 2.30. The summed E-state index contributed by atoms with van der Waals surface area (Å²) in [5.74, 6) is -0.460. The third-order valence-corrected chi connectivity index (χ3v) is 6.46. The Morgan fingerprint density at radius 1 is 0.919 bits per heavy atom. The number of imide groups is 2. The molecule has 0 unspecified atom stereocenters. The summed E-state index contributed by atoms with van der Waals surface area (Å²) in [6.45, 7) is 0.287. The molecule has 0 bridgehead atoms. The van der Waals surface area contributed by atoms with Crippen LogP contribution in [-0.2, 0) is 16.2 Å². The van der Waals surface area contributed by atoms with E-state index in [1.165, 1.54) is 13.2 Å². The highest BCUT2D eigenvalue weighted by atomic mass is 79.9. The second-order valence-corrected chi connectivity index (χ2v) is 9.18. The number of fused-ring (bicyclic) bond motifs is 1. The first-order valence-corrected chi connectivity index (χ1v) is 12.2. The number of carbonyl (C=O) groups is 3. The first-order chi connectivity index (χ1) is 17.9. The second-order valence-electron chi connectivity index (χ2n) is 8.26. The molecule has 0 spiro atoms. The number of nitrogens with zero attached hydrogens (tertiary/aromatic N) is 1. The van der Waals surface area contributed by atoms with E-state index < -0.39 is 17.8 Å². The van der Waals surface area contributed by atoms with E-state index in [0.29, 0.717) is 22.7 Å². The summed E-state index contributed by atoms with van der Waals surface area (Å²) < 4.78 is 12.0. The lowest BCUT2D eigenvalue weighted by molar-refractivity contribution is -0.122. The lowest BCUT2D eigenvalue weighted by Gasteiger charge is -2.26. The van der Waals surface area contributed by atoms with Crippen molar-refractivity contribution >= 4 is 56.3 Å². The first-order valence-electron chi connectivity index (χ1n) is 11.4. The lowest BCUT2D eigenvalue weighted by atomic mass is 10.0. The molecule has 0 radical (unpaired) electrons. The van der Waals surface area contributed by atoms with E-state index in [2.05, 4.69) is 21.2 Å². The molecule has 1 saturated heterocycles. The Hall–Kier alpha value is -4.43. The predicted octanol–water partition coefficient (Wildman–Crippen LogP) is 5.86. The van der Waals surface area contributed by atoms with Gasteiger partial charge in [-0.2, -0.15) is 0 Å². The highest BCUT2D eigenvalue weighted by Gasteiger charge is 2.37. The number of hydrogen-bond donors (Lipinski definition) is 1. The Morgan fingerprint density at radius 2 is 1.68 bits per heavy atom. The molecule has 0 atom stereocenters. The molecule has 0 aromatic heterocycles. The molecule has 7 nitrogen and oxygen atoms in total. The Bertz CT molecular complexity index is 1560. The average Bonchev–Trinajstić information content (AvgIpc) is 2.91. The fraction of sp³-hybridized carbons (Fsp3) is 0.0690. The summed E-state index contributed by atoms with van der Waals surface area (Å²) in [6.07, 6.45) is 1.43. The molecule has 1 N–H and O–H groups in total. The number of barbiturate groups is 1. The number of rotatable bonds is 6. The minimum absolute atomic E-state index is 0.191. The topological polar surface area (TPSA) is 84.9 Å². The van der Waals surface area contributed by atoms with Crippen LogP contribution in [0.4, 0.5) is 10.5 Å². The van der Waals surface area contributed by atoms with Crippen molar-refractivity contribution in [3.8, 4) is 11.5 Å². The van der Waals surface area contributed by atoms with Crippen LogP contribution in [0.5, 0.6) is 11.5 Å². The zero-order valence-electron chi connectivity index (χ0n) is 19.7. The van der Waals surface area contributed by atoms with E-state index in [9.17, 15) is 14.4 Å². The minimum atomic E-state index is -0.820. The van der Waals surface area contributed by atoms with Gasteiger partial charge in [-0.15, -0.1) is 0 Å². The molecule has 0 saturated carbocycles. The van der Waals surface area contributed by atoms with E-state index >= 15 is 0 Å². The number of halogens is 1. The van der Waals surface area contributed by atoms with Gasteiger partial charge in [-0.1, -0.05) is 58.4 Å². The summed E-state index contributed by atoms with van der Waals surface area (Å²) in [6, 6.07) is 25.0. The van der Waals surface area contributed by atoms with Gasteiger partial charge in [-0.05, 0) is 64.9 Å². The Morgan fingerprint density at radius 3 is 2.46 bits per heavy atom. The van der Waals surface area contributed by atoms with Gasteiger partial charge in [0, 0.05) is 10.0 Å². The van der Waals surface area contributed by atoms with Crippen LogP contribution in [0.2, 0.25) is 0 Å². The number of methoxy groups -OCH3 is 1. The van der Waals surface area contributed by atoms with Gasteiger partial charge in [0.05, 0.1) is 12.8 Å². The summed E-state index contributed by atoms with van der Waals surface area (Å²) in [7, 11) is 1.52. The molecular formula is C29H21BrN2O5. The quantitative estimate of drug-likeness (QED) is 0.237. The summed E-state index contributed by atoms with van der Waals surface area (Å²) >= 11 is 3.44. The lowest BCUT2D eigenvalue weighted by Crippen LogP contribution is -2.54. The van der Waals surface area contributed by atoms with Crippen LogP contribution in [0.1, 0.15) is 11.1 Å². The van der Waals surface area contributed by atoms with E-state index in [1.807, 2.05) is 48.5 Å². The summed E-state index contributed by atoms with van der Waals surface area (Å²) in [5, 5.41) is 4.43. The third-order valence-electron chi connectivity index (χ3n) is 5.97. The standard InChI is InChI=1S/C29H21BrN2O5/c1-36-23-12-10-22(11-13-23)32-28(34)25(27(33)31-29(32)35)16-20-15-21(30)9-14-26(20)37-17-19-7-4-6-18-5-2-3-8-24(18)19/h2-16H,17H2,1H3,(H,31,33,35). The van der Waals surface area contributed by atoms with Crippen molar-refractivity contribution in [2.45, 2.75) is 6.61 Å². The molecule has 1 aliphatic rings. The minimum Gasteiger partial charge on any atom is -0.497 e. The Balaban J connectivity index is 1.47. The van der Waals surface area contributed by atoms with E-state index in [4.69, 9.17) is 9.47 Å². The zero-order valence-corrected chi connectivity index (χ0v) is 21.3. The van der Waals surface area contributed by atoms with Crippen molar-refractivity contribution in [1.29, 1.82) is 0 Å². The van der Waals surface area contributed by atoms with Gasteiger partial charge >= 0.3 is 6.03 Å². The van der Waals surface area contributed by atoms with Crippen molar-refractivity contribution in [2.24, 2.45) is 0 Å². The van der Waals surface area contributed by atoms with Gasteiger partial charge in [0.25, 0.3) is 11.8 Å². The zero-order chi connectivity index (χ0) is 25.9. The number of urea groups is 1. The largest absolute Gasteiger partial charge is 0.497 e. The van der Waals surface area contributed by atoms with Gasteiger partial charge in [0.1, 0.15) is 23.7 Å². The molecule has 4 aromatic rings. The smallest absolute Gasteiger partial charge is 0.335 e. The number of ether oxygens (including phenoxy) is 2. The average molecular weight is 557 g/mol. The van der Waals surface area contributed by atoms with Crippen LogP contribution in [0.15, 0.2) is 95.0 Å². The van der Waals surface area contributed by atoms with Crippen LogP contribution < -0.4 is 19.7 Å². The molecule has 8 heteroatoms. The van der Waals surface area contributed by atoms with Crippen molar-refractivity contribution in [1.82, 2.24) is 5.32 Å². The normalized spacial score (nSPS) is 14.7. The summed E-state index contributed by atoms with van der Waals surface area (Å²) in [4.78, 5) is 39.5. The Labute approximate surface area is 221 Å². The number of carbonyl (C=O) groups excluding carboxylic acids is 3. The van der Waals surface area contributed by atoms with Crippen molar-refractivity contribution in [3.63, 3.8) is 0 Å². The van der Waals surface area contributed by atoms with Gasteiger partial charge < -0.3 is 9.47 Å². The maximum absolute atomic E-state index is 13.3. The van der Waals surface area contributed by atoms with Crippen LogP contribution >= 0.6 is 15.9 Å². The molecule has 1 fully saturated rings. The number of benzene rings is 4. The molecule has 4 amide bonds. The van der Waals surface area contributed by atoms with Crippen molar-refractivity contribution in [3.05, 3.63) is 106 Å². The number of anilines is 1. The Kier molecular flexibility index (Phi) is 6.74. The summed E-state index contributed by atoms with van der Waals surface area (Å²) in [5.41, 5.74) is 1.63. The van der Waals surface area contributed by atoms with Gasteiger partial charge in [0.2, 0.25) is 0 Å². The number of amides is 4. The molecule has 1 heterocycles. The van der Waals surface area contributed by atoms with Crippen LogP contribution in [-0.4, -0.2) is 25.0 Å². The van der Waals surface area contributed by atoms with Gasteiger partial charge in [-0.25, -0.2) is 9.69 Å². The maximum atomic E-state index is 13.3. The molecule has 5 rings (SSSR count). The fourth-order valence-corrected chi connectivity index (χ4v) is 4.49. The second kappa shape index (κ2) is 10.3. The molecule has 37 heavy (non-hydrogen) atoms. The van der Waals surface area contributed by atoms with Crippen molar-refractivity contribution < 1.29 is 23.9 Å². The third kappa shape index (κ3) is 4.96. The SMILES string of the molecule is COc1ccc(N2C(=O)NC(=O)C(=Cc3cc(Br)ccc3OCc3cccc4ccccc34)C2=O)cc1. The molecule has 1 aliphatic heterocycles. The van der Waals surface area contributed by atoms with Gasteiger partial charge in [0.15, 0.2) is 0 Å². The molecular weight excluding hydrogens is 536 g/mol. The number of nitrogens with one attached hydrogen (secondary N) is 1. The number of hydrogen-bond acceptors (Lipinski definition) is 5. The van der Waals surface area contributed by atoms with Crippen LogP contribution in [0.3, 0.4) is 0 Å². The highest BCUT2D eigenvalue weighted by molar-refractivity contribution is 9.10. The van der Waals surface area contributed by atoms with Crippen molar-refractivity contribution in [2.75, 3.05) is 12.0 Å². The van der Waals surface area contributed by atoms with E-state index in [-0.39, 0.29) is 12.2 Å². The molecule has 184 valence electrons. The van der Waals surface area contributed by atoms with Crippen LogP contribution in [0.25, 0.3) is 16.8 Å². The molecule has 4 aromatic carbocycles. The monoisotopic (exact) mass is 556 g/mol. The van der Waals surface area contributed by atoms with Gasteiger partial charge in [-0.3, -0.25) is 14.9 Å². The van der Waals surface area contributed by atoms with E-state index in [0.717, 1.165) is 25.7 Å².